The van der Waals surface area contributed by atoms with Crippen LogP contribution >= 0.6 is 0 Å². The van der Waals surface area contributed by atoms with Gasteiger partial charge in [0.15, 0.2) is 0 Å². The van der Waals surface area contributed by atoms with Crippen molar-refractivity contribution in [2.24, 2.45) is 5.73 Å². The van der Waals surface area contributed by atoms with Crippen LogP contribution in [0.15, 0.2) is 0 Å². The van der Waals surface area contributed by atoms with Crippen LogP contribution in [0.4, 0.5) is 0 Å². The van der Waals surface area contributed by atoms with Gasteiger partial charge in [-0.3, -0.25) is 0 Å². The highest BCUT2D eigenvalue weighted by Crippen LogP contribution is 1.96. The quantitative estimate of drug-likeness (QED) is 0.496. The number of aliphatic hydroxyl groups excluding tert-OH is 1. The van der Waals surface area contributed by atoms with Crippen molar-refractivity contribution in [3.05, 3.63) is 0 Å². The summed E-state index contributed by atoms with van der Waals surface area (Å²) in [5.74, 6) is 0. The maximum absolute atomic E-state index is 8.54. The largest absolute Gasteiger partial charge is 0.394 e. The van der Waals surface area contributed by atoms with Gasteiger partial charge in [-0.15, -0.1) is 0 Å². The Morgan fingerprint density at radius 1 is 1.70 bits per heavy atom. The Balaban J connectivity index is 3.27. The highest BCUT2D eigenvalue weighted by molar-refractivity contribution is 6.10. The predicted molar refractivity (Wildman–Crippen MR) is 40.8 cm³/mol. The van der Waals surface area contributed by atoms with Gasteiger partial charge in [0.1, 0.15) is 7.85 Å². The van der Waals surface area contributed by atoms with Gasteiger partial charge >= 0.3 is 0 Å². The SMILES string of the molecule is [B][C@@H](CCN)O[C@@H](C)CO. The molecule has 3 N–H and O–H groups in total. The van der Waals surface area contributed by atoms with Crippen LogP contribution in [0.1, 0.15) is 13.3 Å². The van der Waals surface area contributed by atoms with Gasteiger partial charge in [-0.25, -0.2) is 0 Å². The van der Waals surface area contributed by atoms with Crippen molar-refractivity contribution in [3.8, 4) is 0 Å². The summed E-state index contributed by atoms with van der Waals surface area (Å²) in [6.07, 6.45) is 0.436. The summed E-state index contributed by atoms with van der Waals surface area (Å²) in [7, 11) is 5.45. The van der Waals surface area contributed by atoms with Gasteiger partial charge in [-0.1, -0.05) is 0 Å². The van der Waals surface area contributed by atoms with Crippen LogP contribution in [0.5, 0.6) is 0 Å². The van der Waals surface area contributed by atoms with Gasteiger partial charge in [0, 0.05) is 6.00 Å². The minimum atomic E-state index is -0.341. The molecule has 0 aromatic carbocycles. The summed E-state index contributed by atoms with van der Waals surface area (Å²) in [5, 5.41) is 8.54. The molecule has 0 unspecified atom stereocenters. The monoisotopic (exact) mass is 143 g/mol. The molecule has 2 atom stereocenters. The van der Waals surface area contributed by atoms with Gasteiger partial charge in [0.25, 0.3) is 0 Å². The van der Waals surface area contributed by atoms with Crippen molar-refractivity contribution in [2.75, 3.05) is 13.2 Å². The third-order valence-corrected chi connectivity index (χ3v) is 1.12. The van der Waals surface area contributed by atoms with E-state index in [9.17, 15) is 0 Å². The van der Waals surface area contributed by atoms with Crippen LogP contribution in [0.3, 0.4) is 0 Å². The molecule has 0 saturated carbocycles. The Morgan fingerprint density at radius 3 is 2.70 bits per heavy atom. The maximum Gasteiger partial charge on any atom is 0.109 e. The third-order valence-electron chi connectivity index (χ3n) is 1.12. The molecule has 0 amide bonds. The first-order valence-corrected chi connectivity index (χ1v) is 3.42. The first-order valence-electron chi connectivity index (χ1n) is 3.42. The van der Waals surface area contributed by atoms with Crippen molar-refractivity contribution in [3.63, 3.8) is 0 Å². The second kappa shape index (κ2) is 5.71. The highest BCUT2D eigenvalue weighted by atomic mass is 16.5. The number of nitrogens with two attached hydrogens (primary N) is 1. The van der Waals surface area contributed by atoms with E-state index in [0.717, 1.165) is 0 Å². The lowest BCUT2D eigenvalue weighted by molar-refractivity contribution is 0.00474. The molecule has 4 heteroatoms. The standard InChI is InChI=1S/C6H14BNO2/c1-5(4-9)10-6(7)2-3-8/h5-6,9H,2-4,8H2,1H3/t5-,6+/m0/s1. The van der Waals surface area contributed by atoms with Gasteiger partial charge in [0.05, 0.1) is 12.7 Å². The molecule has 0 aliphatic carbocycles. The van der Waals surface area contributed by atoms with E-state index in [2.05, 4.69) is 0 Å². The second-order valence-corrected chi connectivity index (χ2v) is 2.25. The minimum absolute atomic E-state index is 0.00171. The van der Waals surface area contributed by atoms with Crippen molar-refractivity contribution < 1.29 is 9.84 Å². The summed E-state index contributed by atoms with van der Waals surface area (Å²) in [6, 6.07) is -0.341. The molecule has 10 heavy (non-hydrogen) atoms. The fourth-order valence-electron chi connectivity index (χ4n) is 0.574. The molecule has 0 aromatic rings. The average molecular weight is 143 g/mol. The summed E-state index contributed by atoms with van der Waals surface area (Å²) in [4.78, 5) is 0. The molecule has 3 nitrogen and oxygen atoms in total. The lowest BCUT2D eigenvalue weighted by atomic mass is 9.96. The smallest absolute Gasteiger partial charge is 0.109 e. The van der Waals surface area contributed by atoms with Crippen LogP contribution < -0.4 is 5.73 Å². The van der Waals surface area contributed by atoms with Gasteiger partial charge in [-0.2, -0.15) is 0 Å². The zero-order valence-electron chi connectivity index (χ0n) is 6.29. The van der Waals surface area contributed by atoms with E-state index in [4.69, 9.17) is 23.4 Å². The van der Waals surface area contributed by atoms with E-state index in [-0.39, 0.29) is 18.7 Å². The highest BCUT2D eigenvalue weighted by Gasteiger charge is 2.04. The predicted octanol–water partition coefficient (Wildman–Crippen LogP) is -0.773. The lowest BCUT2D eigenvalue weighted by Gasteiger charge is -2.16. The first kappa shape index (κ1) is 9.94. The third kappa shape index (κ3) is 4.79. The van der Waals surface area contributed by atoms with Gasteiger partial charge in [0.2, 0.25) is 0 Å². The normalized spacial score (nSPS) is 16.7. The van der Waals surface area contributed by atoms with Crippen molar-refractivity contribution in [1.29, 1.82) is 0 Å². The van der Waals surface area contributed by atoms with Crippen molar-refractivity contribution in [1.82, 2.24) is 0 Å². The summed E-state index contributed by atoms with van der Waals surface area (Å²) >= 11 is 0. The molecule has 0 fully saturated rings. The molecule has 0 rings (SSSR count). The van der Waals surface area contributed by atoms with Crippen molar-refractivity contribution in [2.45, 2.75) is 25.5 Å². The minimum Gasteiger partial charge on any atom is -0.394 e. The Hall–Kier alpha value is -0.0551. The Bertz CT molecular complexity index is 82.1. The topological polar surface area (TPSA) is 55.5 Å². The molecule has 0 aliphatic rings. The van der Waals surface area contributed by atoms with E-state index >= 15 is 0 Å². The Kier molecular flexibility index (Phi) is 5.68. The zero-order valence-corrected chi connectivity index (χ0v) is 6.29. The molecule has 2 radical (unpaired) electrons. The molecule has 0 aromatic heterocycles. The maximum atomic E-state index is 8.54. The summed E-state index contributed by atoms with van der Waals surface area (Å²) < 4.78 is 5.09. The van der Waals surface area contributed by atoms with Crippen molar-refractivity contribution >= 4 is 7.85 Å². The van der Waals surface area contributed by atoms with Crippen LogP contribution in [0.25, 0.3) is 0 Å². The lowest BCUT2D eigenvalue weighted by Crippen LogP contribution is -2.25. The van der Waals surface area contributed by atoms with Gasteiger partial charge < -0.3 is 15.6 Å². The summed E-state index contributed by atoms with van der Waals surface area (Å²) in [6.45, 7) is 2.27. The summed E-state index contributed by atoms with van der Waals surface area (Å²) in [5.41, 5.74) is 5.22. The molecule has 58 valence electrons. The fraction of sp³-hybridized carbons (Fsp3) is 1.00. The molecule has 0 aliphatic heterocycles. The number of rotatable bonds is 5. The fourth-order valence-corrected chi connectivity index (χ4v) is 0.574. The Labute approximate surface area is 63.0 Å². The van der Waals surface area contributed by atoms with E-state index in [1.807, 2.05) is 0 Å². The average Bonchev–Trinajstić information content (AvgIpc) is 1.88. The number of hydrogen-bond donors (Lipinski definition) is 2. The van der Waals surface area contributed by atoms with Crippen LogP contribution in [0.2, 0.25) is 0 Å². The van der Waals surface area contributed by atoms with Gasteiger partial charge in [-0.05, 0) is 19.9 Å². The van der Waals surface area contributed by atoms with E-state index in [1.54, 1.807) is 6.92 Å². The molecular formula is C6H14BNO2. The Morgan fingerprint density at radius 2 is 2.30 bits per heavy atom. The van der Waals surface area contributed by atoms with Crippen LogP contribution in [0, 0.1) is 0 Å². The molecular weight excluding hydrogens is 129 g/mol. The molecule has 0 bridgehead atoms. The van der Waals surface area contributed by atoms with E-state index in [1.165, 1.54) is 0 Å². The molecule has 0 spiro atoms. The number of hydrogen-bond acceptors (Lipinski definition) is 3. The zero-order chi connectivity index (χ0) is 7.98. The molecule has 0 heterocycles. The van der Waals surface area contributed by atoms with E-state index in [0.29, 0.717) is 13.0 Å². The molecule has 0 saturated heterocycles. The van der Waals surface area contributed by atoms with Crippen LogP contribution in [-0.4, -0.2) is 38.2 Å². The van der Waals surface area contributed by atoms with E-state index < -0.39 is 0 Å². The second-order valence-electron chi connectivity index (χ2n) is 2.25. The first-order chi connectivity index (χ1) is 4.70. The van der Waals surface area contributed by atoms with Crippen LogP contribution in [-0.2, 0) is 4.74 Å². The number of aliphatic hydroxyl groups is 1. The number of ether oxygens (including phenoxy) is 1.